The predicted octanol–water partition coefficient (Wildman–Crippen LogP) is 3.72. The minimum Gasteiger partial charge on any atom is -0.507 e. The van der Waals surface area contributed by atoms with Gasteiger partial charge in [-0.05, 0) is 54.6 Å². The fraction of sp³-hybridized carbons (Fsp3) is 0. The van der Waals surface area contributed by atoms with Gasteiger partial charge in [-0.1, -0.05) is 34.1 Å². The Morgan fingerprint density at radius 2 is 1.69 bits per heavy atom. The van der Waals surface area contributed by atoms with Crippen molar-refractivity contribution in [3.8, 4) is 5.75 Å². The highest BCUT2D eigenvalue weighted by Crippen LogP contribution is 2.20. The summed E-state index contributed by atoms with van der Waals surface area (Å²) in [4.78, 5) is 12.3. The molecule has 3 aromatic carbocycles. The molecule has 29 heavy (non-hydrogen) atoms. The van der Waals surface area contributed by atoms with Gasteiger partial charge in [0.2, 0.25) is 0 Å². The quantitative estimate of drug-likeness (QED) is 0.374. The van der Waals surface area contributed by atoms with E-state index in [1.54, 1.807) is 30.3 Å². The van der Waals surface area contributed by atoms with Gasteiger partial charge in [0.15, 0.2) is 0 Å². The molecule has 0 saturated heterocycles. The Bertz CT molecular complexity index is 1150. The van der Waals surface area contributed by atoms with E-state index < -0.39 is 15.9 Å². The SMILES string of the molecule is O=C(N/N=C/c1cc(Br)ccc1O)c1ccc(NS(=O)(=O)c2ccccc2)cc1. The van der Waals surface area contributed by atoms with Gasteiger partial charge in [-0.2, -0.15) is 5.10 Å². The molecule has 0 heterocycles. The van der Waals surface area contributed by atoms with Crippen LogP contribution >= 0.6 is 15.9 Å². The summed E-state index contributed by atoms with van der Waals surface area (Å²) >= 11 is 3.29. The van der Waals surface area contributed by atoms with Crippen molar-refractivity contribution in [3.63, 3.8) is 0 Å². The number of nitrogens with zero attached hydrogens (tertiary/aromatic N) is 1. The number of phenols is 1. The average molecular weight is 474 g/mol. The molecular weight excluding hydrogens is 458 g/mol. The number of hydrazone groups is 1. The van der Waals surface area contributed by atoms with E-state index in [4.69, 9.17) is 0 Å². The summed E-state index contributed by atoms with van der Waals surface area (Å²) in [6.45, 7) is 0. The van der Waals surface area contributed by atoms with Crippen LogP contribution in [0.2, 0.25) is 0 Å². The lowest BCUT2D eigenvalue weighted by atomic mass is 10.2. The minimum atomic E-state index is -3.70. The van der Waals surface area contributed by atoms with Crippen LogP contribution in [0.3, 0.4) is 0 Å². The molecule has 0 fully saturated rings. The Labute approximate surface area is 176 Å². The number of carbonyl (C=O) groups is 1. The third-order valence-corrected chi connectivity index (χ3v) is 5.70. The molecule has 3 rings (SSSR count). The van der Waals surface area contributed by atoms with E-state index in [1.807, 2.05) is 0 Å². The number of rotatable bonds is 6. The van der Waals surface area contributed by atoms with Gasteiger partial charge >= 0.3 is 0 Å². The molecule has 0 unspecified atom stereocenters. The number of carbonyl (C=O) groups excluding carboxylic acids is 1. The van der Waals surface area contributed by atoms with Crippen LogP contribution in [0.25, 0.3) is 0 Å². The van der Waals surface area contributed by atoms with Crippen molar-refractivity contribution in [2.75, 3.05) is 4.72 Å². The Morgan fingerprint density at radius 1 is 1.00 bits per heavy atom. The topological polar surface area (TPSA) is 108 Å². The number of hydrogen-bond donors (Lipinski definition) is 3. The van der Waals surface area contributed by atoms with Crippen molar-refractivity contribution >= 4 is 43.8 Å². The van der Waals surface area contributed by atoms with Crippen LogP contribution in [0.15, 0.2) is 87.3 Å². The van der Waals surface area contributed by atoms with Crippen molar-refractivity contribution in [2.24, 2.45) is 5.10 Å². The highest BCUT2D eigenvalue weighted by molar-refractivity contribution is 9.10. The second-order valence-corrected chi connectivity index (χ2v) is 8.50. The van der Waals surface area contributed by atoms with Crippen molar-refractivity contribution < 1.29 is 18.3 Å². The van der Waals surface area contributed by atoms with Crippen molar-refractivity contribution in [1.82, 2.24) is 5.43 Å². The van der Waals surface area contributed by atoms with Crippen LogP contribution in [0.1, 0.15) is 15.9 Å². The Kier molecular flexibility index (Phi) is 6.30. The first kappa shape index (κ1) is 20.6. The summed E-state index contributed by atoms with van der Waals surface area (Å²) in [6, 6.07) is 18.7. The van der Waals surface area contributed by atoms with Crippen LogP contribution in [-0.2, 0) is 10.0 Å². The Morgan fingerprint density at radius 3 is 2.38 bits per heavy atom. The summed E-state index contributed by atoms with van der Waals surface area (Å²) in [5.41, 5.74) is 3.41. The van der Waals surface area contributed by atoms with Gasteiger partial charge in [-0.25, -0.2) is 13.8 Å². The van der Waals surface area contributed by atoms with E-state index in [-0.39, 0.29) is 10.6 Å². The first-order valence-corrected chi connectivity index (χ1v) is 10.6. The molecule has 0 aromatic heterocycles. The zero-order chi connectivity index (χ0) is 20.9. The van der Waals surface area contributed by atoms with Gasteiger partial charge in [0.1, 0.15) is 5.75 Å². The standard InChI is InChI=1S/C20H16BrN3O4S/c21-16-8-11-19(25)15(12-16)13-22-23-20(26)14-6-9-17(10-7-14)24-29(27,28)18-4-2-1-3-5-18/h1-13,24-25H,(H,23,26)/b22-13+. The van der Waals surface area contributed by atoms with Gasteiger partial charge in [0.05, 0.1) is 11.1 Å². The van der Waals surface area contributed by atoms with Gasteiger partial charge in [-0.3, -0.25) is 9.52 Å². The normalized spacial score (nSPS) is 11.3. The molecule has 0 aliphatic rings. The number of anilines is 1. The molecule has 0 radical (unpaired) electrons. The fourth-order valence-corrected chi connectivity index (χ4v) is 3.82. The number of halogens is 1. The van der Waals surface area contributed by atoms with Gasteiger partial charge < -0.3 is 5.11 Å². The summed E-state index contributed by atoms with van der Waals surface area (Å²) in [6.07, 6.45) is 1.32. The third kappa shape index (κ3) is 5.43. The summed E-state index contributed by atoms with van der Waals surface area (Å²) in [7, 11) is -3.70. The van der Waals surface area contributed by atoms with E-state index in [9.17, 15) is 18.3 Å². The first-order chi connectivity index (χ1) is 13.8. The van der Waals surface area contributed by atoms with Gasteiger partial charge in [0.25, 0.3) is 15.9 Å². The summed E-state index contributed by atoms with van der Waals surface area (Å²) in [5.74, 6) is -0.450. The number of phenolic OH excluding ortho intramolecular Hbond substituents is 1. The van der Waals surface area contributed by atoms with Gasteiger partial charge in [-0.15, -0.1) is 0 Å². The number of aromatic hydroxyl groups is 1. The minimum absolute atomic E-state index is 0.0289. The molecule has 0 saturated carbocycles. The van der Waals surface area contributed by atoms with Crippen LogP contribution in [-0.4, -0.2) is 25.6 Å². The molecule has 1 amide bonds. The molecular formula is C20H16BrN3O4S. The lowest BCUT2D eigenvalue weighted by Gasteiger charge is -2.08. The monoisotopic (exact) mass is 473 g/mol. The van der Waals surface area contributed by atoms with Gasteiger partial charge in [0, 0.05) is 21.3 Å². The van der Waals surface area contributed by atoms with Crippen LogP contribution in [0, 0.1) is 0 Å². The maximum Gasteiger partial charge on any atom is 0.271 e. The van der Waals surface area contributed by atoms with E-state index in [0.29, 0.717) is 16.8 Å². The van der Waals surface area contributed by atoms with Crippen LogP contribution < -0.4 is 10.1 Å². The molecule has 0 bridgehead atoms. The molecule has 0 aliphatic carbocycles. The zero-order valence-corrected chi connectivity index (χ0v) is 17.3. The maximum atomic E-state index is 12.3. The number of nitrogens with one attached hydrogen (secondary N) is 2. The van der Waals surface area contributed by atoms with E-state index in [0.717, 1.165) is 4.47 Å². The third-order valence-electron chi connectivity index (χ3n) is 3.81. The summed E-state index contributed by atoms with van der Waals surface area (Å²) < 4.78 is 27.8. The number of hydrogen-bond acceptors (Lipinski definition) is 5. The Hall–Kier alpha value is -3.17. The molecule has 9 heteroatoms. The second kappa shape index (κ2) is 8.89. The summed E-state index contributed by atoms with van der Waals surface area (Å²) in [5, 5.41) is 13.6. The number of benzene rings is 3. The molecule has 3 aromatic rings. The molecule has 7 nitrogen and oxygen atoms in total. The fourth-order valence-electron chi connectivity index (χ4n) is 2.36. The van der Waals surface area contributed by atoms with E-state index >= 15 is 0 Å². The first-order valence-electron chi connectivity index (χ1n) is 8.35. The largest absolute Gasteiger partial charge is 0.507 e. The average Bonchev–Trinajstić information content (AvgIpc) is 2.71. The maximum absolute atomic E-state index is 12.3. The predicted molar refractivity (Wildman–Crippen MR) is 115 cm³/mol. The lowest BCUT2D eigenvalue weighted by molar-refractivity contribution is 0.0955. The van der Waals surface area contributed by atoms with Crippen LogP contribution in [0.5, 0.6) is 5.75 Å². The molecule has 148 valence electrons. The highest BCUT2D eigenvalue weighted by atomic mass is 79.9. The smallest absolute Gasteiger partial charge is 0.271 e. The molecule has 0 spiro atoms. The second-order valence-electron chi connectivity index (χ2n) is 5.90. The highest BCUT2D eigenvalue weighted by Gasteiger charge is 2.13. The molecule has 0 atom stereocenters. The van der Waals surface area contributed by atoms with Crippen molar-refractivity contribution in [1.29, 1.82) is 0 Å². The number of sulfonamides is 1. The lowest BCUT2D eigenvalue weighted by Crippen LogP contribution is -2.18. The van der Waals surface area contributed by atoms with Crippen molar-refractivity contribution in [2.45, 2.75) is 4.90 Å². The Balaban J connectivity index is 1.64. The molecule has 3 N–H and O–H groups in total. The number of amides is 1. The molecule has 0 aliphatic heterocycles. The van der Waals surface area contributed by atoms with Crippen molar-refractivity contribution in [3.05, 3.63) is 88.4 Å². The zero-order valence-electron chi connectivity index (χ0n) is 14.9. The van der Waals surface area contributed by atoms with Crippen LogP contribution in [0.4, 0.5) is 5.69 Å². The van der Waals surface area contributed by atoms with E-state index in [1.165, 1.54) is 48.7 Å². The van der Waals surface area contributed by atoms with E-state index in [2.05, 4.69) is 31.2 Å².